The number of aliphatic carboxylic acids is 1. The van der Waals surface area contributed by atoms with E-state index in [1.807, 2.05) is 6.92 Å². The molecule has 0 aliphatic carbocycles. The van der Waals surface area contributed by atoms with Gasteiger partial charge >= 0.3 is 5.97 Å². The molecule has 19 heavy (non-hydrogen) atoms. The monoisotopic (exact) mass is 267 g/mol. The van der Waals surface area contributed by atoms with E-state index in [2.05, 4.69) is 9.97 Å². The molecule has 7 heteroatoms. The summed E-state index contributed by atoms with van der Waals surface area (Å²) in [6, 6.07) is 0.908. The van der Waals surface area contributed by atoms with Gasteiger partial charge in [-0.05, 0) is 6.42 Å². The van der Waals surface area contributed by atoms with Gasteiger partial charge in [0.2, 0.25) is 11.8 Å². The summed E-state index contributed by atoms with van der Waals surface area (Å²) < 4.78 is 10.6. The van der Waals surface area contributed by atoms with E-state index >= 15 is 0 Å². The van der Waals surface area contributed by atoms with Crippen LogP contribution in [0.25, 0.3) is 0 Å². The lowest BCUT2D eigenvalue weighted by atomic mass is 10.2. The van der Waals surface area contributed by atoms with E-state index in [1.54, 1.807) is 17.2 Å². The van der Waals surface area contributed by atoms with Crippen LogP contribution in [-0.2, 0) is 9.53 Å². The van der Waals surface area contributed by atoms with Crippen LogP contribution in [0.2, 0.25) is 0 Å². The molecule has 2 rings (SSSR count). The molecule has 1 unspecified atom stereocenters. The number of hydrogen-bond acceptors (Lipinski definition) is 6. The fraction of sp³-hybridized carbons (Fsp3) is 0.583. The maximum absolute atomic E-state index is 11.2. The molecule has 1 aromatic rings. The number of morpholine rings is 1. The third-order valence-electron chi connectivity index (χ3n) is 2.74. The van der Waals surface area contributed by atoms with Crippen molar-refractivity contribution in [1.82, 2.24) is 9.97 Å². The van der Waals surface area contributed by atoms with Gasteiger partial charge in [0, 0.05) is 18.8 Å². The maximum Gasteiger partial charge on any atom is 0.328 e. The number of carbonyl (C=O) groups is 1. The first-order valence-electron chi connectivity index (χ1n) is 6.25. The van der Waals surface area contributed by atoms with Crippen molar-refractivity contribution in [2.75, 3.05) is 31.3 Å². The quantitative estimate of drug-likeness (QED) is 0.834. The Morgan fingerprint density at radius 2 is 2.53 bits per heavy atom. The van der Waals surface area contributed by atoms with E-state index in [-0.39, 0.29) is 6.61 Å². The SMILES string of the molecule is CCCOc1ccnc(N2CCOCC2C(=O)O)n1. The third kappa shape index (κ3) is 3.31. The van der Waals surface area contributed by atoms with E-state index in [0.29, 0.717) is 31.6 Å². The van der Waals surface area contributed by atoms with Gasteiger partial charge in [-0.15, -0.1) is 0 Å². The molecule has 1 aliphatic heterocycles. The molecule has 1 N–H and O–H groups in total. The van der Waals surface area contributed by atoms with Crippen molar-refractivity contribution in [2.45, 2.75) is 19.4 Å². The van der Waals surface area contributed by atoms with Crippen molar-refractivity contribution < 1.29 is 19.4 Å². The Kier molecular flexibility index (Phi) is 4.51. The Bertz CT molecular complexity index is 441. The van der Waals surface area contributed by atoms with Crippen LogP contribution in [0.4, 0.5) is 5.95 Å². The number of nitrogens with zero attached hydrogens (tertiary/aromatic N) is 3. The van der Waals surface area contributed by atoms with Crippen LogP contribution in [0.15, 0.2) is 12.3 Å². The minimum Gasteiger partial charge on any atom is -0.480 e. The number of ether oxygens (including phenoxy) is 2. The first-order valence-corrected chi connectivity index (χ1v) is 6.25. The fourth-order valence-electron chi connectivity index (χ4n) is 1.81. The molecule has 0 spiro atoms. The second-order valence-corrected chi connectivity index (χ2v) is 4.17. The van der Waals surface area contributed by atoms with E-state index in [1.165, 1.54) is 0 Å². The maximum atomic E-state index is 11.2. The van der Waals surface area contributed by atoms with E-state index < -0.39 is 12.0 Å². The highest BCUT2D eigenvalue weighted by molar-refractivity contribution is 5.77. The van der Waals surface area contributed by atoms with Gasteiger partial charge in [-0.3, -0.25) is 0 Å². The Hall–Kier alpha value is -1.89. The molecule has 1 fully saturated rings. The van der Waals surface area contributed by atoms with Crippen molar-refractivity contribution in [3.05, 3.63) is 12.3 Å². The minimum absolute atomic E-state index is 0.138. The number of hydrogen-bond donors (Lipinski definition) is 1. The summed E-state index contributed by atoms with van der Waals surface area (Å²) in [6.45, 7) is 3.63. The summed E-state index contributed by atoms with van der Waals surface area (Å²) >= 11 is 0. The molecule has 0 amide bonds. The van der Waals surface area contributed by atoms with Crippen LogP contribution in [-0.4, -0.2) is 53.5 Å². The zero-order chi connectivity index (χ0) is 13.7. The predicted molar refractivity (Wildman–Crippen MR) is 67.4 cm³/mol. The highest BCUT2D eigenvalue weighted by Crippen LogP contribution is 2.18. The minimum atomic E-state index is -0.942. The average molecular weight is 267 g/mol. The Morgan fingerprint density at radius 1 is 1.68 bits per heavy atom. The summed E-state index contributed by atoms with van der Waals surface area (Å²) in [6.07, 6.45) is 2.45. The Morgan fingerprint density at radius 3 is 3.26 bits per heavy atom. The molecule has 1 aromatic heterocycles. The molecular weight excluding hydrogens is 250 g/mol. The predicted octanol–water partition coefficient (Wildman–Crippen LogP) is 0.555. The van der Waals surface area contributed by atoms with Gasteiger partial charge in [0.05, 0.1) is 19.8 Å². The van der Waals surface area contributed by atoms with Crippen LogP contribution in [0.3, 0.4) is 0 Å². The van der Waals surface area contributed by atoms with Gasteiger partial charge in [0.25, 0.3) is 0 Å². The van der Waals surface area contributed by atoms with Gasteiger partial charge < -0.3 is 19.5 Å². The van der Waals surface area contributed by atoms with Crippen LogP contribution >= 0.6 is 0 Å². The normalized spacial score (nSPS) is 19.2. The number of carboxylic acids is 1. The van der Waals surface area contributed by atoms with Crippen molar-refractivity contribution in [3.63, 3.8) is 0 Å². The second-order valence-electron chi connectivity index (χ2n) is 4.17. The number of anilines is 1. The molecule has 0 aromatic carbocycles. The molecule has 1 atom stereocenters. The molecule has 7 nitrogen and oxygen atoms in total. The van der Waals surface area contributed by atoms with Crippen molar-refractivity contribution in [1.29, 1.82) is 0 Å². The Labute approximate surface area is 111 Å². The zero-order valence-electron chi connectivity index (χ0n) is 10.8. The van der Waals surface area contributed by atoms with Gasteiger partial charge in [-0.1, -0.05) is 6.92 Å². The average Bonchev–Trinajstić information content (AvgIpc) is 2.45. The molecule has 0 saturated carbocycles. The standard InChI is InChI=1S/C12H17N3O4/c1-2-6-19-10-3-4-13-12(14-10)15-5-7-18-8-9(15)11(16)17/h3-4,9H,2,5-8H2,1H3,(H,16,17). The van der Waals surface area contributed by atoms with Gasteiger partial charge in [0.15, 0.2) is 6.04 Å². The van der Waals surface area contributed by atoms with E-state index in [4.69, 9.17) is 9.47 Å². The van der Waals surface area contributed by atoms with E-state index in [0.717, 1.165) is 6.42 Å². The van der Waals surface area contributed by atoms with Gasteiger partial charge in [-0.2, -0.15) is 4.98 Å². The number of carboxylic acid groups (broad SMARTS) is 1. The Balaban J connectivity index is 2.16. The second kappa shape index (κ2) is 6.33. The van der Waals surface area contributed by atoms with Crippen molar-refractivity contribution in [3.8, 4) is 5.88 Å². The molecule has 0 radical (unpaired) electrons. The molecule has 1 aliphatic rings. The summed E-state index contributed by atoms with van der Waals surface area (Å²) in [5.74, 6) is -0.116. The smallest absolute Gasteiger partial charge is 0.328 e. The topological polar surface area (TPSA) is 84.8 Å². The fourth-order valence-corrected chi connectivity index (χ4v) is 1.81. The van der Waals surface area contributed by atoms with Gasteiger partial charge in [0.1, 0.15) is 0 Å². The molecule has 104 valence electrons. The van der Waals surface area contributed by atoms with Gasteiger partial charge in [-0.25, -0.2) is 9.78 Å². The lowest BCUT2D eigenvalue weighted by molar-refractivity contribution is -0.141. The molecule has 2 heterocycles. The first-order chi connectivity index (χ1) is 9.22. The van der Waals surface area contributed by atoms with Crippen LogP contribution in [0, 0.1) is 0 Å². The van der Waals surface area contributed by atoms with Crippen LogP contribution < -0.4 is 9.64 Å². The third-order valence-corrected chi connectivity index (χ3v) is 2.74. The summed E-state index contributed by atoms with van der Waals surface area (Å²) in [4.78, 5) is 21.2. The van der Waals surface area contributed by atoms with Crippen LogP contribution in [0.5, 0.6) is 5.88 Å². The molecule has 1 saturated heterocycles. The highest BCUT2D eigenvalue weighted by atomic mass is 16.5. The van der Waals surface area contributed by atoms with Crippen LogP contribution in [0.1, 0.15) is 13.3 Å². The number of aromatic nitrogens is 2. The molecular formula is C12H17N3O4. The van der Waals surface area contributed by atoms with E-state index in [9.17, 15) is 9.90 Å². The number of rotatable bonds is 5. The lowest BCUT2D eigenvalue weighted by Crippen LogP contribution is -2.50. The summed E-state index contributed by atoms with van der Waals surface area (Å²) in [7, 11) is 0. The van der Waals surface area contributed by atoms with Crippen molar-refractivity contribution >= 4 is 11.9 Å². The highest BCUT2D eigenvalue weighted by Gasteiger charge is 2.31. The zero-order valence-corrected chi connectivity index (χ0v) is 10.8. The summed E-state index contributed by atoms with van der Waals surface area (Å²) in [5.41, 5.74) is 0. The largest absolute Gasteiger partial charge is 0.480 e. The molecule has 0 bridgehead atoms. The summed E-state index contributed by atoms with van der Waals surface area (Å²) in [5, 5.41) is 9.17. The lowest BCUT2D eigenvalue weighted by Gasteiger charge is -2.32. The van der Waals surface area contributed by atoms with Crippen molar-refractivity contribution in [2.24, 2.45) is 0 Å². The first kappa shape index (κ1) is 13.5.